The third-order valence-electron chi connectivity index (χ3n) is 3.25. The number of benzene rings is 1. The molecule has 0 radical (unpaired) electrons. The minimum atomic E-state index is 0.414. The fourth-order valence-electron chi connectivity index (χ4n) is 2.40. The second-order valence-electron chi connectivity index (χ2n) is 4.58. The molecule has 98 valence electrons. The van der Waals surface area contributed by atoms with Crippen molar-refractivity contribution in [1.29, 1.82) is 0 Å². The van der Waals surface area contributed by atoms with Crippen LogP contribution in [0.5, 0.6) is 0 Å². The highest BCUT2D eigenvalue weighted by atomic mass is 35.5. The number of hydrogen-bond donors (Lipinski definition) is 1. The van der Waals surface area contributed by atoms with Crippen LogP contribution in [0.15, 0.2) is 18.2 Å². The predicted octanol–water partition coefficient (Wildman–Crippen LogP) is 2.45. The molecule has 1 saturated heterocycles. The van der Waals surface area contributed by atoms with Gasteiger partial charge in [0.05, 0.1) is 6.61 Å². The molecule has 0 spiro atoms. The molecule has 1 atom stereocenters. The van der Waals surface area contributed by atoms with Gasteiger partial charge in [0.1, 0.15) is 4.99 Å². The van der Waals surface area contributed by atoms with Gasteiger partial charge in [0, 0.05) is 42.4 Å². The number of nitrogens with two attached hydrogens (primary N) is 1. The van der Waals surface area contributed by atoms with Crippen molar-refractivity contribution >= 4 is 34.5 Å². The van der Waals surface area contributed by atoms with E-state index in [4.69, 9.17) is 34.3 Å². The molecule has 0 saturated carbocycles. The average molecular weight is 285 g/mol. The maximum Gasteiger partial charge on any atom is 0.106 e. The Bertz CT molecular complexity index is 453. The van der Waals surface area contributed by atoms with Crippen molar-refractivity contribution in [3.05, 3.63) is 28.8 Å². The highest BCUT2D eigenvalue weighted by Crippen LogP contribution is 2.29. The molecule has 2 N–H and O–H groups in total. The Labute approximate surface area is 118 Å². The fourth-order valence-corrected chi connectivity index (χ4v) is 2.74. The van der Waals surface area contributed by atoms with Crippen LogP contribution in [0.25, 0.3) is 0 Å². The Hall–Kier alpha value is -0.840. The minimum absolute atomic E-state index is 0.414. The topological polar surface area (TPSA) is 38.5 Å². The van der Waals surface area contributed by atoms with Gasteiger partial charge in [-0.2, -0.15) is 0 Å². The first-order chi connectivity index (χ1) is 8.61. The molecule has 2 rings (SSSR count). The molecule has 1 aromatic carbocycles. The number of hydrogen-bond acceptors (Lipinski definition) is 3. The van der Waals surface area contributed by atoms with Gasteiger partial charge in [0.2, 0.25) is 0 Å². The molecule has 0 amide bonds. The molecule has 1 fully saturated rings. The summed E-state index contributed by atoms with van der Waals surface area (Å²) in [6, 6.07) is 5.65. The third-order valence-corrected chi connectivity index (χ3v) is 3.71. The van der Waals surface area contributed by atoms with E-state index in [1.807, 2.05) is 18.2 Å². The summed E-state index contributed by atoms with van der Waals surface area (Å²) in [5, 5.41) is 0.709. The summed E-state index contributed by atoms with van der Waals surface area (Å²) in [5.74, 6) is 0.563. The molecule has 1 aliphatic heterocycles. The fraction of sp³-hybridized carbons (Fsp3) is 0.462. The summed E-state index contributed by atoms with van der Waals surface area (Å²) in [6.07, 6.45) is 1.12. The summed E-state index contributed by atoms with van der Waals surface area (Å²) in [6.45, 7) is 2.74. The highest BCUT2D eigenvalue weighted by molar-refractivity contribution is 7.80. The number of anilines is 1. The van der Waals surface area contributed by atoms with Gasteiger partial charge in [0.25, 0.3) is 0 Å². The Balaban J connectivity index is 2.23. The van der Waals surface area contributed by atoms with E-state index in [1.54, 1.807) is 7.11 Å². The van der Waals surface area contributed by atoms with Crippen LogP contribution in [0.4, 0.5) is 5.69 Å². The zero-order chi connectivity index (χ0) is 13.1. The maximum absolute atomic E-state index is 6.06. The quantitative estimate of drug-likeness (QED) is 0.862. The number of nitrogens with zero attached hydrogens (tertiary/aromatic N) is 1. The summed E-state index contributed by atoms with van der Waals surface area (Å²) in [4.78, 5) is 2.70. The van der Waals surface area contributed by atoms with E-state index in [9.17, 15) is 0 Å². The molecule has 1 unspecified atom stereocenters. The zero-order valence-corrected chi connectivity index (χ0v) is 11.9. The van der Waals surface area contributed by atoms with Gasteiger partial charge >= 0.3 is 0 Å². The molecule has 0 aliphatic carbocycles. The summed E-state index contributed by atoms with van der Waals surface area (Å²) >= 11 is 11.2. The molecule has 0 aromatic heterocycles. The molecular weight excluding hydrogens is 268 g/mol. The number of ether oxygens (including phenoxy) is 1. The van der Waals surface area contributed by atoms with Gasteiger partial charge in [-0.25, -0.2) is 0 Å². The summed E-state index contributed by atoms with van der Waals surface area (Å²) in [5.41, 5.74) is 7.69. The second kappa shape index (κ2) is 5.87. The molecule has 0 bridgehead atoms. The lowest BCUT2D eigenvalue weighted by atomic mass is 10.1. The molecule has 1 aromatic rings. The summed E-state index contributed by atoms with van der Waals surface area (Å²) in [7, 11) is 1.74. The van der Waals surface area contributed by atoms with Crippen molar-refractivity contribution in [3.63, 3.8) is 0 Å². The van der Waals surface area contributed by atoms with Gasteiger partial charge < -0.3 is 15.4 Å². The van der Waals surface area contributed by atoms with Crippen molar-refractivity contribution in [2.45, 2.75) is 6.42 Å². The number of halogens is 1. The SMILES string of the molecule is COCC1CCN(c2cc(Cl)ccc2C(N)=S)C1. The second-order valence-corrected chi connectivity index (χ2v) is 5.46. The van der Waals surface area contributed by atoms with Crippen LogP contribution in [0.2, 0.25) is 5.02 Å². The van der Waals surface area contributed by atoms with Crippen molar-refractivity contribution in [2.75, 3.05) is 31.7 Å². The van der Waals surface area contributed by atoms with E-state index in [2.05, 4.69) is 4.90 Å². The first-order valence-corrected chi connectivity index (χ1v) is 6.73. The Morgan fingerprint density at radius 3 is 3.06 bits per heavy atom. The normalized spacial score (nSPS) is 19.2. The Morgan fingerprint density at radius 1 is 1.61 bits per heavy atom. The van der Waals surface area contributed by atoms with Crippen LogP contribution >= 0.6 is 23.8 Å². The molecule has 1 heterocycles. The van der Waals surface area contributed by atoms with Gasteiger partial charge in [-0.3, -0.25) is 0 Å². The molecule has 1 aliphatic rings. The van der Waals surface area contributed by atoms with Gasteiger partial charge in [-0.15, -0.1) is 0 Å². The summed E-state index contributed by atoms with van der Waals surface area (Å²) < 4.78 is 5.21. The smallest absolute Gasteiger partial charge is 0.106 e. The van der Waals surface area contributed by atoms with Crippen molar-refractivity contribution in [2.24, 2.45) is 11.7 Å². The highest BCUT2D eigenvalue weighted by Gasteiger charge is 2.24. The van der Waals surface area contributed by atoms with Crippen LogP contribution in [0.1, 0.15) is 12.0 Å². The number of rotatable bonds is 4. The predicted molar refractivity (Wildman–Crippen MR) is 79.5 cm³/mol. The largest absolute Gasteiger partial charge is 0.389 e. The van der Waals surface area contributed by atoms with E-state index in [-0.39, 0.29) is 0 Å². The monoisotopic (exact) mass is 284 g/mol. The van der Waals surface area contributed by atoms with Gasteiger partial charge in [-0.1, -0.05) is 23.8 Å². The van der Waals surface area contributed by atoms with Crippen LogP contribution in [-0.2, 0) is 4.74 Å². The maximum atomic E-state index is 6.06. The lowest BCUT2D eigenvalue weighted by Gasteiger charge is -2.22. The van der Waals surface area contributed by atoms with Crippen molar-refractivity contribution < 1.29 is 4.74 Å². The lowest BCUT2D eigenvalue weighted by molar-refractivity contribution is 0.161. The van der Waals surface area contributed by atoms with Crippen molar-refractivity contribution in [1.82, 2.24) is 0 Å². The first-order valence-electron chi connectivity index (χ1n) is 5.95. The first kappa shape index (κ1) is 13.6. The molecular formula is C13H17ClN2OS. The minimum Gasteiger partial charge on any atom is -0.389 e. The van der Waals surface area contributed by atoms with E-state index < -0.39 is 0 Å². The molecule has 5 heteroatoms. The van der Waals surface area contributed by atoms with E-state index >= 15 is 0 Å². The van der Waals surface area contributed by atoms with E-state index in [0.29, 0.717) is 15.9 Å². The zero-order valence-electron chi connectivity index (χ0n) is 10.4. The van der Waals surface area contributed by atoms with Gasteiger partial charge in [0.15, 0.2) is 0 Å². The number of thiocarbonyl (C=S) groups is 1. The molecule has 18 heavy (non-hydrogen) atoms. The van der Waals surface area contributed by atoms with Crippen LogP contribution < -0.4 is 10.6 Å². The van der Waals surface area contributed by atoms with E-state index in [1.165, 1.54) is 0 Å². The average Bonchev–Trinajstić information content (AvgIpc) is 2.77. The lowest BCUT2D eigenvalue weighted by Crippen LogP contribution is -2.24. The van der Waals surface area contributed by atoms with Crippen LogP contribution in [0, 0.1) is 5.92 Å². The van der Waals surface area contributed by atoms with E-state index in [0.717, 1.165) is 37.4 Å². The Kier molecular flexibility index (Phi) is 4.43. The van der Waals surface area contributed by atoms with Crippen LogP contribution in [0.3, 0.4) is 0 Å². The number of methoxy groups -OCH3 is 1. The molecule has 3 nitrogen and oxygen atoms in total. The Morgan fingerprint density at radius 2 is 2.39 bits per heavy atom. The van der Waals surface area contributed by atoms with Gasteiger partial charge in [-0.05, 0) is 24.6 Å². The van der Waals surface area contributed by atoms with Crippen molar-refractivity contribution in [3.8, 4) is 0 Å². The third kappa shape index (κ3) is 2.94. The standard InChI is InChI=1S/C13H17ClN2OS/c1-17-8-9-4-5-16(7-9)12-6-10(14)2-3-11(12)13(15)18/h2-3,6,9H,4-5,7-8H2,1H3,(H2,15,18). The van der Waals surface area contributed by atoms with Crippen LogP contribution in [-0.4, -0.2) is 31.8 Å².